The van der Waals surface area contributed by atoms with Crippen LogP contribution in [0.25, 0.3) is 0 Å². The van der Waals surface area contributed by atoms with Crippen LogP contribution in [0.4, 0.5) is 5.69 Å². The van der Waals surface area contributed by atoms with Crippen LogP contribution in [-0.4, -0.2) is 41.5 Å². The Kier molecular flexibility index (Phi) is 6.73. The van der Waals surface area contributed by atoms with Gasteiger partial charge in [-0.2, -0.15) is 4.31 Å². The van der Waals surface area contributed by atoms with Gasteiger partial charge in [-0.15, -0.1) is 6.58 Å². The summed E-state index contributed by atoms with van der Waals surface area (Å²) in [5.41, 5.74) is 1.66. The number of thioether (sulfide) groups is 1. The molecule has 2 aromatic rings. The van der Waals surface area contributed by atoms with Gasteiger partial charge in [-0.3, -0.25) is 14.6 Å². The average molecular weight is 444 g/mol. The normalized spacial score (nSPS) is 17.9. The maximum absolute atomic E-state index is 13.1. The lowest BCUT2D eigenvalue weighted by molar-refractivity contribution is -0.125. The Morgan fingerprint density at radius 2 is 1.87 bits per heavy atom. The maximum atomic E-state index is 13.1. The van der Waals surface area contributed by atoms with E-state index in [0.717, 1.165) is 17.3 Å². The molecule has 0 saturated carbocycles. The highest BCUT2D eigenvalue weighted by atomic mass is 32.2. The molecule has 0 bridgehead atoms. The number of hydrogen-bond acceptors (Lipinski definition) is 6. The summed E-state index contributed by atoms with van der Waals surface area (Å²) in [4.78, 5) is 29.6. The Morgan fingerprint density at radius 1 is 1.20 bits per heavy atom. The lowest BCUT2D eigenvalue weighted by atomic mass is 10.2. The number of sulfonamides is 1. The minimum absolute atomic E-state index is 0.0185. The van der Waals surface area contributed by atoms with Crippen LogP contribution < -0.4 is 5.32 Å². The van der Waals surface area contributed by atoms with Crippen molar-refractivity contribution in [3.8, 4) is 0 Å². The number of aliphatic imine (C=N–C) groups is 1. The number of amides is 2. The number of amidine groups is 1. The summed E-state index contributed by atoms with van der Waals surface area (Å²) in [5.74, 6) is -1.07. The van der Waals surface area contributed by atoms with E-state index < -0.39 is 21.2 Å². The second-order valence-electron chi connectivity index (χ2n) is 6.56. The summed E-state index contributed by atoms with van der Waals surface area (Å²) < 4.78 is 26.8. The first-order valence-electron chi connectivity index (χ1n) is 9.15. The summed E-state index contributed by atoms with van der Waals surface area (Å²) in [6, 6.07) is 14.9. The number of nitrogens with one attached hydrogen (secondary N) is 1. The molecule has 1 atom stereocenters. The Bertz CT molecular complexity index is 1080. The van der Waals surface area contributed by atoms with Gasteiger partial charge in [0, 0.05) is 12.1 Å². The number of carbonyl (C=O) groups excluding carboxylic acids is 2. The van der Waals surface area contributed by atoms with Crippen LogP contribution in [0.5, 0.6) is 0 Å². The van der Waals surface area contributed by atoms with E-state index in [1.54, 1.807) is 30.3 Å². The molecular formula is C21H21N3O4S2. The van der Waals surface area contributed by atoms with E-state index in [2.05, 4.69) is 16.9 Å². The summed E-state index contributed by atoms with van der Waals surface area (Å²) in [6.07, 6.45) is 1.33. The monoisotopic (exact) mass is 443 g/mol. The zero-order chi connectivity index (χ0) is 21.7. The lowest BCUT2D eigenvalue weighted by Crippen LogP contribution is -2.38. The van der Waals surface area contributed by atoms with Crippen LogP contribution >= 0.6 is 11.8 Å². The minimum Gasteiger partial charge on any atom is -0.326 e. The topological polar surface area (TPSA) is 95.9 Å². The number of rotatable bonds is 7. The predicted octanol–water partition coefficient (Wildman–Crippen LogP) is 3.20. The zero-order valence-corrected chi connectivity index (χ0v) is 17.9. The molecule has 1 fully saturated rings. The second-order valence-corrected chi connectivity index (χ2v) is 9.51. The van der Waals surface area contributed by atoms with Gasteiger partial charge in [0.25, 0.3) is 15.9 Å². The van der Waals surface area contributed by atoms with Gasteiger partial charge < -0.3 is 5.32 Å². The number of aryl methyl sites for hydroxylation is 1. The fourth-order valence-corrected chi connectivity index (χ4v) is 5.62. The van der Waals surface area contributed by atoms with Gasteiger partial charge in [-0.1, -0.05) is 53.7 Å². The van der Waals surface area contributed by atoms with E-state index >= 15 is 0 Å². The molecule has 7 nitrogen and oxygen atoms in total. The molecule has 2 amide bonds. The SMILES string of the molecule is C=CCN=C1SC(CC(=O)Nc2ccc(C)cc2)C(=O)N1S(=O)(=O)c1ccccc1. The van der Waals surface area contributed by atoms with Crippen LogP contribution in [0.3, 0.4) is 0 Å². The molecule has 1 aliphatic rings. The molecule has 0 radical (unpaired) electrons. The molecule has 2 aromatic carbocycles. The number of benzene rings is 2. The molecular weight excluding hydrogens is 422 g/mol. The quantitative estimate of drug-likeness (QED) is 0.663. The molecule has 1 heterocycles. The molecule has 30 heavy (non-hydrogen) atoms. The summed E-state index contributed by atoms with van der Waals surface area (Å²) in [5, 5.41) is 1.88. The van der Waals surface area contributed by atoms with E-state index in [0.29, 0.717) is 9.99 Å². The molecule has 1 aliphatic heterocycles. The molecule has 1 saturated heterocycles. The smallest absolute Gasteiger partial charge is 0.272 e. The fraction of sp³-hybridized carbons (Fsp3) is 0.190. The van der Waals surface area contributed by atoms with Crippen molar-refractivity contribution >= 4 is 44.5 Å². The average Bonchev–Trinajstić information content (AvgIpc) is 3.04. The van der Waals surface area contributed by atoms with Crippen molar-refractivity contribution in [1.29, 1.82) is 0 Å². The molecule has 0 aromatic heterocycles. The van der Waals surface area contributed by atoms with E-state index in [1.807, 2.05) is 19.1 Å². The third kappa shape index (κ3) is 4.80. The highest BCUT2D eigenvalue weighted by molar-refractivity contribution is 8.17. The van der Waals surface area contributed by atoms with Crippen molar-refractivity contribution in [3.05, 3.63) is 72.8 Å². The highest BCUT2D eigenvalue weighted by Gasteiger charge is 2.46. The number of anilines is 1. The van der Waals surface area contributed by atoms with E-state index in [1.165, 1.54) is 18.2 Å². The largest absolute Gasteiger partial charge is 0.326 e. The van der Waals surface area contributed by atoms with Crippen molar-refractivity contribution in [2.75, 3.05) is 11.9 Å². The molecule has 0 spiro atoms. The molecule has 1 unspecified atom stereocenters. The second kappa shape index (κ2) is 9.27. The van der Waals surface area contributed by atoms with Gasteiger partial charge >= 0.3 is 0 Å². The summed E-state index contributed by atoms with van der Waals surface area (Å²) in [7, 11) is -4.13. The Labute approximate surface area is 179 Å². The van der Waals surface area contributed by atoms with Crippen LogP contribution in [-0.2, 0) is 19.6 Å². The lowest BCUT2D eigenvalue weighted by Gasteiger charge is -2.16. The third-order valence-corrected chi connectivity index (χ3v) is 7.23. The van der Waals surface area contributed by atoms with Crippen LogP contribution in [0.15, 0.2) is 77.1 Å². The summed E-state index contributed by atoms with van der Waals surface area (Å²) >= 11 is 0.968. The van der Waals surface area contributed by atoms with Gasteiger partial charge in [0.05, 0.1) is 11.4 Å². The van der Waals surface area contributed by atoms with Crippen molar-refractivity contribution in [2.45, 2.75) is 23.5 Å². The van der Waals surface area contributed by atoms with Gasteiger partial charge in [0.1, 0.15) is 5.25 Å². The molecule has 156 valence electrons. The third-order valence-electron chi connectivity index (χ3n) is 4.24. The van der Waals surface area contributed by atoms with Crippen molar-refractivity contribution in [1.82, 2.24) is 4.31 Å². The van der Waals surface area contributed by atoms with Crippen molar-refractivity contribution in [3.63, 3.8) is 0 Å². The van der Waals surface area contributed by atoms with Gasteiger partial charge in [0.15, 0.2) is 5.17 Å². The van der Waals surface area contributed by atoms with E-state index in [-0.39, 0.29) is 28.9 Å². The Balaban J connectivity index is 1.82. The molecule has 0 aliphatic carbocycles. The number of carbonyl (C=O) groups is 2. The van der Waals surface area contributed by atoms with E-state index in [4.69, 9.17) is 0 Å². The Morgan fingerprint density at radius 3 is 2.50 bits per heavy atom. The highest BCUT2D eigenvalue weighted by Crippen LogP contribution is 2.34. The maximum Gasteiger partial charge on any atom is 0.272 e. The molecule has 1 N–H and O–H groups in total. The predicted molar refractivity (Wildman–Crippen MR) is 119 cm³/mol. The fourth-order valence-electron chi connectivity index (χ4n) is 2.76. The Hall–Kier alpha value is -2.91. The van der Waals surface area contributed by atoms with E-state index in [9.17, 15) is 18.0 Å². The minimum atomic E-state index is -4.13. The first kappa shape index (κ1) is 21.8. The van der Waals surface area contributed by atoms with Crippen LogP contribution in [0.1, 0.15) is 12.0 Å². The van der Waals surface area contributed by atoms with Gasteiger partial charge in [-0.05, 0) is 31.2 Å². The van der Waals surface area contributed by atoms with Crippen LogP contribution in [0.2, 0.25) is 0 Å². The van der Waals surface area contributed by atoms with Crippen molar-refractivity contribution in [2.24, 2.45) is 4.99 Å². The number of hydrogen-bond donors (Lipinski definition) is 1. The number of nitrogens with zero attached hydrogens (tertiary/aromatic N) is 2. The zero-order valence-electron chi connectivity index (χ0n) is 16.3. The van der Waals surface area contributed by atoms with Crippen LogP contribution in [0, 0.1) is 6.92 Å². The summed E-state index contributed by atoms with van der Waals surface area (Å²) in [6.45, 7) is 5.66. The first-order chi connectivity index (χ1) is 14.3. The van der Waals surface area contributed by atoms with Gasteiger partial charge in [0.2, 0.25) is 5.91 Å². The molecule has 9 heteroatoms. The standard InChI is InChI=1S/C21H21N3O4S2/c1-3-13-22-21-24(30(27,28)17-7-5-4-6-8-17)20(26)18(29-21)14-19(25)23-16-11-9-15(2)10-12-16/h3-12,18H,1,13-14H2,2H3,(H,23,25). The van der Waals surface area contributed by atoms with Crippen molar-refractivity contribution < 1.29 is 18.0 Å². The molecule has 3 rings (SSSR count). The first-order valence-corrected chi connectivity index (χ1v) is 11.5. The van der Waals surface area contributed by atoms with Gasteiger partial charge in [-0.25, -0.2) is 8.42 Å².